The van der Waals surface area contributed by atoms with Crippen molar-refractivity contribution in [1.29, 1.82) is 0 Å². The van der Waals surface area contributed by atoms with Crippen LogP contribution in [0.2, 0.25) is 0 Å². The third-order valence-electron chi connectivity index (χ3n) is 5.09. The van der Waals surface area contributed by atoms with E-state index in [-0.39, 0.29) is 0 Å². The zero-order chi connectivity index (χ0) is 22.2. The smallest absolute Gasteiger partial charge is 0.368 e. The van der Waals surface area contributed by atoms with Gasteiger partial charge in [0.05, 0.1) is 16.8 Å². The normalized spacial score (nSPS) is 14.0. The van der Waals surface area contributed by atoms with Gasteiger partial charge in [0.25, 0.3) is 0 Å². The summed E-state index contributed by atoms with van der Waals surface area (Å²) < 4.78 is 83.8. The Labute approximate surface area is 167 Å². The highest BCUT2D eigenvalue weighted by Gasteiger charge is 2.43. The molecular weight excluding hydrogens is 412 g/mol. The Bertz CT molecular complexity index is 906. The molecule has 10 heteroatoms. The first-order valence-electron chi connectivity index (χ1n) is 8.77. The maximum Gasteiger partial charge on any atom is 0.416 e. The van der Waals surface area contributed by atoms with Crippen molar-refractivity contribution in [3.63, 3.8) is 0 Å². The van der Waals surface area contributed by atoms with Gasteiger partial charge in [-0.15, -0.1) is 5.10 Å². The molecule has 4 nitrogen and oxygen atoms in total. The number of H-pyrrole nitrogens is 1. The summed E-state index contributed by atoms with van der Waals surface area (Å²) in [6.07, 6.45) is -7.56. The summed E-state index contributed by atoms with van der Waals surface area (Å²) in [7, 11) is 1.34. The highest BCUT2D eigenvalue weighted by molar-refractivity contribution is 5.43. The molecule has 1 aromatic heterocycles. The second-order valence-electron chi connectivity index (χ2n) is 6.71. The van der Waals surface area contributed by atoms with Gasteiger partial charge in [0.1, 0.15) is 5.60 Å². The summed E-state index contributed by atoms with van der Waals surface area (Å²) in [6.45, 7) is 1.71. The van der Waals surface area contributed by atoms with Crippen molar-refractivity contribution in [2.24, 2.45) is 0 Å². The average Bonchev–Trinajstić information content (AvgIpc) is 3.23. The number of nitrogens with zero attached hydrogens (tertiary/aromatic N) is 2. The molecule has 2 aromatic carbocycles. The van der Waals surface area contributed by atoms with Crippen LogP contribution in [0.4, 0.5) is 26.3 Å². The Kier molecular flexibility index (Phi) is 5.64. The molecule has 3 aromatic rings. The van der Waals surface area contributed by atoms with Crippen LogP contribution in [0, 0.1) is 0 Å². The van der Waals surface area contributed by atoms with E-state index in [0.29, 0.717) is 16.8 Å². The predicted octanol–water partition coefficient (Wildman–Crippen LogP) is 5.54. The first-order valence-corrected chi connectivity index (χ1v) is 8.77. The first kappa shape index (κ1) is 21.8. The van der Waals surface area contributed by atoms with Crippen LogP contribution in [0.15, 0.2) is 54.7 Å². The SMILES string of the molecule is COC(c1ccc(C(F)(F)F)cc1)(c1ccc(C(F)(F)F)cc1)C(C)c1c[nH]nn1. The summed E-state index contributed by atoms with van der Waals surface area (Å²) in [6, 6.07) is 8.62. The molecule has 0 bridgehead atoms. The molecule has 3 rings (SSSR count). The summed E-state index contributed by atoms with van der Waals surface area (Å²) in [5.41, 5.74) is -2.03. The molecule has 0 fully saturated rings. The fraction of sp³-hybridized carbons (Fsp3) is 0.300. The van der Waals surface area contributed by atoms with Gasteiger partial charge in [0.2, 0.25) is 0 Å². The summed E-state index contributed by atoms with van der Waals surface area (Å²) in [5.74, 6) is -0.602. The first-order chi connectivity index (χ1) is 14.0. The fourth-order valence-electron chi connectivity index (χ4n) is 3.52. The molecule has 1 unspecified atom stereocenters. The largest absolute Gasteiger partial charge is 0.416 e. The minimum absolute atomic E-state index is 0.327. The van der Waals surface area contributed by atoms with Gasteiger partial charge in [-0.1, -0.05) is 36.4 Å². The molecule has 0 amide bonds. The zero-order valence-corrected chi connectivity index (χ0v) is 15.8. The molecule has 160 valence electrons. The van der Waals surface area contributed by atoms with Crippen molar-refractivity contribution < 1.29 is 31.1 Å². The second-order valence-corrected chi connectivity index (χ2v) is 6.71. The van der Waals surface area contributed by atoms with Crippen molar-refractivity contribution in [2.45, 2.75) is 30.8 Å². The van der Waals surface area contributed by atoms with Gasteiger partial charge in [-0.3, -0.25) is 5.10 Å². The molecule has 30 heavy (non-hydrogen) atoms. The maximum absolute atomic E-state index is 13.0. The van der Waals surface area contributed by atoms with Crippen LogP contribution in [0.5, 0.6) is 0 Å². The Morgan fingerprint density at radius 2 is 1.17 bits per heavy atom. The van der Waals surface area contributed by atoms with Crippen LogP contribution in [0.3, 0.4) is 0 Å². The van der Waals surface area contributed by atoms with E-state index in [1.165, 1.54) is 37.6 Å². The number of methoxy groups -OCH3 is 1. The standard InChI is InChI=1S/C20H17F6N3O/c1-12(17-11-27-29-28-17)18(30-2,13-3-7-15(8-4-13)19(21,22)23)14-5-9-16(10-6-14)20(24,25)26/h3-12H,1-2H3,(H,27,28,29). The topological polar surface area (TPSA) is 50.8 Å². The van der Waals surface area contributed by atoms with Gasteiger partial charge >= 0.3 is 12.4 Å². The van der Waals surface area contributed by atoms with Gasteiger partial charge in [-0.25, -0.2) is 0 Å². The van der Waals surface area contributed by atoms with Crippen molar-refractivity contribution >= 4 is 0 Å². The lowest BCUT2D eigenvalue weighted by molar-refractivity contribution is -0.138. The van der Waals surface area contributed by atoms with Crippen LogP contribution in [-0.2, 0) is 22.7 Å². The number of alkyl halides is 6. The molecule has 0 spiro atoms. The monoisotopic (exact) mass is 429 g/mol. The average molecular weight is 429 g/mol. The van der Waals surface area contributed by atoms with Crippen LogP contribution in [0.1, 0.15) is 40.8 Å². The number of hydrogen-bond acceptors (Lipinski definition) is 3. The number of aromatic nitrogens is 3. The molecular formula is C20H17F6N3O. The van der Waals surface area contributed by atoms with Crippen molar-refractivity contribution in [2.75, 3.05) is 7.11 Å². The summed E-state index contributed by atoms with van der Waals surface area (Å²) in [4.78, 5) is 0. The lowest BCUT2D eigenvalue weighted by Gasteiger charge is -2.38. The Balaban J connectivity index is 2.18. The zero-order valence-electron chi connectivity index (χ0n) is 15.8. The van der Waals surface area contributed by atoms with Crippen molar-refractivity contribution in [3.05, 3.63) is 82.7 Å². The van der Waals surface area contributed by atoms with Crippen LogP contribution in [0.25, 0.3) is 0 Å². The van der Waals surface area contributed by atoms with Crippen LogP contribution in [-0.4, -0.2) is 22.5 Å². The molecule has 0 radical (unpaired) electrons. The van der Waals surface area contributed by atoms with E-state index in [4.69, 9.17) is 4.74 Å². The molecule has 0 aliphatic heterocycles. The van der Waals surface area contributed by atoms with E-state index in [1.807, 2.05) is 0 Å². The van der Waals surface area contributed by atoms with E-state index >= 15 is 0 Å². The summed E-state index contributed by atoms with van der Waals surface area (Å²) >= 11 is 0. The van der Waals surface area contributed by atoms with Crippen LogP contribution >= 0.6 is 0 Å². The summed E-state index contributed by atoms with van der Waals surface area (Å²) in [5, 5.41) is 10.1. The molecule has 0 aliphatic rings. The number of nitrogens with one attached hydrogen (secondary N) is 1. The van der Waals surface area contributed by atoms with E-state index in [9.17, 15) is 26.3 Å². The number of halogens is 6. The molecule has 0 aliphatic carbocycles. The number of hydrogen-bond donors (Lipinski definition) is 1. The Morgan fingerprint density at radius 3 is 1.47 bits per heavy atom. The second kappa shape index (κ2) is 7.75. The Morgan fingerprint density at radius 1 is 0.767 bits per heavy atom. The Hall–Kier alpha value is -2.88. The lowest BCUT2D eigenvalue weighted by atomic mass is 9.75. The van der Waals surface area contributed by atoms with Crippen molar-refractivity contribution in [3.8, 4) is 0 Å². The van der Waals surface area contributed by atoms with E-state index in [2.05, 4.69) is 15.4 Å². The minimum atomic E-state index is -4.53. The van der Waals surface area contributed by atoms with Gasteiger partial charge in [0.15, 0.2) is 0 Å². The van der Waals surface area contributed by atoms with Gasteiger partial charge in [-0.2, -0.15) is 26.3 Å². The highest BCUT2D eigenvalue weighted by Crippen LogP contribution is 2.46. The lowest BCUT2D eigenvalue weighted by Crippen LogP contribution is -2.36. The molecule has 1 heterocycles. The number of ether oxygens (including phenoxy) is 1. The van der Waals surface area contributed by atoms with E-state index in [1.54, 1.807) is 6.92 Å². The molecule has 0 saturated carbocycles. The molecule has 1 atom stereocenters. The quantitative estimate of drug-likeness (QED) is 0.542. The van der Waals surface area contributed by atoms with E-state index < -0.39 is 35.0 Å². The van der Waals surface area contributed by atoms with Crippen molar-refractivity contribution in [1.82, 2.24) is 15.4 Å². The number of rotatable bonds is 5. The number of aromatic amines is 1. The highest BCUT2D eigenvalue weighted by atomic mass is 19.4. The number of benzene rings is 2. The van der Waals surface area contributed by atoms with Gasteiger partial charge in [-0.05, 0) is 35.4 Å². The predicted molar refractivity (Wildman–Crippen MR) is 95.5 cm³/mol. The fourth-order valence-corrected chi connectivity index (χ4v) is 3.52. The molecule has 1 N–H and O–H groups in total. The van der Waals surface area contributed by atoms with E-state index in [0.717, 1.165) is 24.3 Å². The third kappa shape index (κ3) is 3.91. The van der Waals surface area contributed by atoms with Gasteiger partial charge < -0.3 is 4.74 Å². The van der Waals surface area contributed by atoms with Gasteiger partial charge in [0, 0.05) is 19.2 Å². The third-order valence-corrected chi connectivity index (χ3v) is 5.09. The molecule has 0 saturated heterocycles. The van der Waals surface area contributed by atoms with Crippen LogP contribution < -0.4 is 0 Å². The minimum Gasteiger partial charge on any atom is -0.368 e. The maximum atomic E-state index is 13.0.